The second-order valence-corrected chi connectivity index (χ2v) is 4.78. The predicted molar refractivity (Wildman–Crippen MR) is 52.2 cm³/mol. The Morgan fingerprint density at radius 2 is 2.29 bits per heavy atom. The first kappa shape index (κ1) is 9.92. The maximum Gasteiger partial charge on any atom is 0.336 e. The van der Waals surface area contributed by atoms with Crippen molar-refractivity contribution in [2.45, 2.75) is 6.04 Å². The Balaban J connectivity index is 2.26. The van der Waals surface area contributed by atoms with E-state index in [4.69, 9.17) is 11.6 Å². The fraction of sp³-hybridized carbons (Fsp3) is 0.250. The fourth-order valence-corrected chi connectivity index (χ4v) is 2.42. The van der Waals surface area contributed by atoms with E-state index in [-0.39, 0.29) is 12.6 Å². The van der Waals surface area contributed by atoms with Gasteiger partial charge in [-0.2, -0.15) is 13.1 Å². The Morgan fingerprint density at radius 3 is 2.86 bits per heavy atom. The van der Waals surface area contributed by atoms with Gasteiger partial charge in [-0.1, -0.05) is 23.7 Å². The molecule has 0 saturated carbocycles. The Morgan fingerprint density at radius 1 is 1.50 bits per heavy atom. The summed E-state index contributed by atoms with van der Waals surface area (Å²) in [6, 6.07) is 6.68. The largest absolute Gasteiger partial charge is 0.336 e. The predicted octanol–water partition coefficient (Wildman–Crippen LogP) is 1.25. The van der Waals surface area contributed by atoms with Gasteiger partial charge in [0.2, 0.25) is 0 Å². The third-order valence-corrected chi connectivity index (χ3v) is 3.18. The van der Waals surface area contributed by atoms with Crippen molar-refractivity contribution in [3.63, 3.8) is 0 Å². The molecule has 1 aliphatic rings. The van der Waals surface area contributed by atoms with E-state index >= 15 is 0 Å². The van der Waals surface area contributed by atoms with Gasteiger partial charge in [0.15, 0.2) is 0 Å². The highest BCUT2D eigenvalue weighted by Crippen LogP contribution is 2.22. The van der Waals surface area contributed by atoms with Gasteiger partial charge in [0.05, 0.1) is 12.6 Å². The number of benzene rings is 1. The lowest BCUT2D eigenvalue weighted by molar-refractivity contribution is 0.338. The molecule has 14 heavy (non-hydrogen) atoms. The van der Waals surface area contributed by atoms with Crippen LogP contribution in [0.15, 0.2) is 24.3 Å². The molecule has 0 spiro atoms. The fourth-order valence-electron chi connectivity index (χ4n) is 1.29. The molecule has 0 bridgehead atoms. The van der Waals surface area contributed by atoms with Gasteiger partial charge in [0.25, 0.3) is 0 Å². The average molecular weight is 234 g/mol. The second-order valence-electron chi connectivity index (χ2n) is 2.96. The first-order chi connectivity index (χ1) is 6.57. The van der Waals surface area contributed by atoms with Crippen LogP contribution in [0.1, 0.15) is 11.6 Å². The van der Waals surface area contributed by atoms with Crippen molar-refractivity contribution in [3.05, 3.63) is 34.9 Å². The molecule has 1 aromatic rings. The summed E-state index contributed by atoms with van der Waals surface area (Å²) in [4.78, 5) is 0. The number of hydrogen-bond donors (Lipinski definition) is 1. The molecule has 0 amide bonds. The zero-order valence-corrected chi connectivity index (χ0v) is 8.68. The van der Waals surface area contributed by atoms with Crippen LogP contribution in [0.2, 0.25) is 5.02 Å². The summed E-state index contributed by atoms with van der Waals surface area (Å²) in [6.45, 7) is 0.114. The zero-order valence-electron chi connectivity index (χ0n) is 7.10. The third kappa shape index (κ3) is 2.06. The maximum atomic E-state index is 10.9. The molecule has 1 aliphatic heterocycles. The molecule has 0 radical (unpaired) electrons. The minimum atomic E-state index is -3.55. The normalized spacial score (nSPS) is 25.1. The van der Waals surface area contributed by atoms with E-state index in [1.807, 2.05) is 0 Å². The molecule has 1 N–H and O–H groups in total. The van der Waals surface area contributed by atoms with Crippen molar-refractivity contribution in [2.75, 3.05) is 6.61 Å². The minimum absolute atomic E-state index is 0.114. The summed E-state index contributed by atoms with van der Waals surface area (Å²) in [6.07, 6.45) is 0. The summed E-state index contributed by atoms with van der Waals surface area (Å²) < 4.78 is 28.8. The van der Waals surface area contributed by atoms with Gasteiger partial charge >= 0.3 is 10.3 Å². The van der Waals surface area contributed by atoms with Crippen LogP contribution in [0.25, 0.3) is 0 Å². The molecule has 1 heterocycles. The topological polar surface area (TPSA) is 55.4 Å². The number of hydrogen-bond acceptors (Lipinski definition) is 3. The summed E-state index contributed by atoms with van der Waals surface area (Å²) >= 11 is 5.78. The molecular formula is C8H8ClNO3S. The van der Waals surface area contributed by atoms with Crippen molar-refractivity contribution in [1.29, 1.82) is 0 Å². The summed E-state index contributed by atoms with van der Waals surface area (Å²) in [5.41, 5.74) is 0.804. The molecule has 1 saturated heterocycles. The van der Waals surface area contributed by atoms with E-state index in [0.29, 0.717) is 5.02 Å². The van der Waals surface area contributed by atoms with Gasteiger partial charge in [-0.15, -0.1) is 0 Å². The monoisotopic (exact) mass is 233 g/mol. The summed E-state index contributed by atoms with van der Waals surface area (Å²) in [5.74, 6) is 0. The molecule has 1 fully saturated rings. The molecule has 4 nitrogen and oxygen atoms in total. The molecule has 0 aliphatic carbocycles. The average Bonchev–Trinajstić information content (AvgIpc) is 2.46. The van der Waals surface area contributed by atoms with Crippen LogP contribution in [0.4, 0.5) is 0 Å². The van der Waals surface area contributed by atoms with Gasteiger partial charge in [0.1, 0.15) is 0 Å². The van der Waals surface area contributed by atoms with Gasteiger partial charge in [-0.05, 0) is 17.7 Å². The van der Waals surface area contributed by atoms with E-state index in [1.54, 1.807) is 24.3 Å². The summed E-state index contributed by atoms with van der Waals surface area (Å²) in [7, 11) is -3.55. The van der Waals surface area contributed by atoms with Crippen molar-refractivity contribution < 1.29 is 12.6 Å². The lowest BCUT2D eigenvalue weighted by atomic mass is 10.1. The van der Waals surface area contributed by atoms with Gasteiger partial charge in [-0.25, -0.2) is 0 Å². The first-order valence-corrected chi connectivity index (χ1v) is 5.77. The molecule has 2 rings (SSSR count). The number of rotatable bonds is 1. The second kappa shape index (κ2) is 3.51. The van der Waals surface area contributed by atoms with E-state index in [2.05, 4.69) is 8.91 Å². The Bertz CT molecular complexity index is 446. The third-order valence-electron chi connectivity index (χ3n) is 1.93. The van der Waals surface area contributed by atoms with Crippen LogP contribution in [0, 0.1) is 0 Å². The number of halogens is 1. The lowest BCUT2D eigenvalue weighted by Crippen LogP contribution is -2.19. The minimum Gasteiger partial charge on any atom is -0.256 e. The Kier molecular flexibility index (Phi) is 2.48. The van der Waals surface area contributed by atoms with Crippen molar-refractivity contribution in [2.24, 2.45) is 0 Å². The van der Waals surface area contributed by atoms with E-state index in [1.165, 1.54) is 0 Å². The summed E-state index contributed by atoms with van der Waals surface area (Å²) in [5, 5.41) is 0.577. The standard InChI is InChI=1S/C8H8ClNO3S/c9-7-3-1-2-6(4-7)8-5-13-14(11,12)10-8/h1-4,8,10H,5H2/t8-/m0/s1. The quantitative estimate of drug-likeness (QED) is 0.794. The van der Waals surface area contributed by atoms with Crippen LogP contribution >= 0.6 is 11.6 Å². The van der Waals surface area contributed by atoms with Crippen LogP contribution in [-0.4, -0.2) is 15.0 Å². The van der Waals surface area contributed by atoms with Crippen LogP contribution in [-0.2, 0) is 14.5 Å². The van der Waals surface area contributed by atoms with Crippen LogP contribution in [0.5, 0.6) is 0 Å². The Labute approximate surface area is 87.1 Å². The van der Waals surface area contributed by atoms with Crippen molar-refractivity contribution >= 4 is 21.9 Å². The molecule has 0 aromatic heterocycles. The molecule has 0 unspecified atom stereocenters. The molecule has 76 valence electrons. The van der Waals surface area contributed by atoms with E-state index in [9.17, 15) is 8.42 Å². The highest BCUT2D eigenvalue weighted by Gasteiger charge is 2.28. The van der Waals surface area contributed by atoms with E-state index < -0.39 is 10.3 Å². The van der Waals surface area contributed by atoms with Crippen LogP contribution < -0.4 is 4.72 Å². The zero-order chi connectivity index (χ0) is 10.2. The van der Waals surface area contributed by atoms with Crippen molar-refractivity contribution in [3.8, 4) is 0 Å². The van der Waals surface area contributed by atoms with E-state index in [0.717, 1.165) is 5.56 Å². The van der Waals surface area contributed by atoms with Gasteiger partial charge < -0.3 is 0 Å². The highest BCUT2D eigenvalue weighted by molar-refractivity contribution is 7.84. The molecule has 6 heteroatoms. The van der Waals surface area contributed by atoms with Crippen LogP contribution in [0.3, 0.4) is 0 Å². The highest BCUT2D eigenvalue weighted by atomic mass is 35.5. The number of nitrogens with one attached hydrogen (secondary N) is 1. The molecular weight excluding hydrogens is 226 g/mol. The van der Waals surface area contributed by atoms with Gasteiger partial charge in [0, 0.05) is 5.02 Å². The lowest BCUT2D eigenvalue weighted by Gasteiger charge is -2.06. The SMILES string of the molecule is O=S1(=O)N[C@H](c2cccc(Cl)c2)CO1. The molecule has 1 aromatic carbocycles. The first-order valence-electron chi connectivity index (χ1n) is 3.99. The van der Waals surface area contributed by atoms with Gasteiger partial charge in [-0.3, -0.25) is 4.18 Å². The van der Waals surface area contributed by atoms with Crippen molar-refractivity contribution in [1.82, 2.24) is 4.72 Å². The Hall–Kier alpha value is -0.620. The molecule has 1 atom stereocenters. The maximum absolute atomic E-state index is 10.9. The smallest absolute Gasteiger partial charge is 0.256 e.